The number of nitrogens with one attached hydrogen (secondary N) is 1. The van der Waals surface area contributed by atoms with Crippen LogP contribution in [0.1, 0.15) is 52.8 Å². The average molecular weight is 553 g/mol. The summed E-state index contributed by atoms with van der Waals surface area (Å²) in [6.07, 6.45) is 3.64. The van der Waals surface area contributed by atoms with Gasteiger partial charge in [0.05, 0.1) is 26.9 Å². The molecule has 3 amide bonds. The van der Waals surface area contributed by atoms with Crippen molar-refractivity contribution in [1.82, 2.24) is 15.1 Å². The van der Waals surface area contributed by atoms with Crippen LogP contribution in [0.5, 0.6) is 11.5 Å². The second-order valence-electron chi connectivity index (χ2n) is 10.4. The first-order chi connectivity index (χ1) is 19.3. The summed E-state index contributed by atoms with van der Waals surface area (Å²) in [6.45, 7) is 0.860. The van der Waals surface area contributed by atoms with E-state index in [4.69, 9.17) is 19.9 Å². The Morgan fingerprint density at radius 2 is 1.65 bits per heavy atom. The van der Waals surface area contributed by atoms with E-state index in [1.807, 2.05) is 0 Å². The summed E-state index contributed by atoms with van der Waals surface area (Å²) in [5, 5.41) is 3.16. The molecule has 2 atom stereocenters. The van der Waals surface area contributed by atoms with Gasteiger partial charge in [0, 0.05) is 43.4 Å². The molecule has 1 saturated carbocycles. The third kappa shape index (κ3) is 6.92. The molecule has 2 aromatic rings. The SMILES string of the molecule is COCCN(C(=O)c1ccc(OC)cc1)C1CC(C(=O)NC2CCC(N)CC2)N(C(=O)c2cccc(OC)c2)C1. The number of carbonyl (C=O) groups excluding carboxylic acids is 3. The van der Waals surface area contributed by atoms with E-state index in [0.29, 0.717) is 42.2 Å². The Bertz CT molecular complexity index is 1170. The Morgan fingerprint density at radius 3 is 2.30 bits per heavy atom. The summed E-state index contributed by atoms with van der Waals surface area (Å²) in [5.74, 6) is 0.522. The van der Waals surface area contributed by atoms with Crippen LogP contribution in [0, 0.1) is 0 Å². The lowest BCUT2D eigenvalue weighted by Gasteiger charge is -2.30. The zero-order valence-corrected chi connectivity index (χ0v) is 23.5. The molecular weight excluding hydrogens is 512 g/mol. The Kier molecular flexibility index (Phi) is 10.0. The fraction of sp³-hybridized carbons (Fsp3) is 0.500. The lowest BCUT2D eigenvalue weighted by Crippen LogP contribution is -2.50. The van der Waals surface area contributed by atoms with Gasteiger partial charge >= 0.3 is 0 Å². The molecule has 1 aliphatic heterocycles. The van der Waals surface area contributed by atoms with Crippen LogP contribution < -0.4 is 20.5 Å². The van der Waals surface area contributed by atoms with E-state index in [9.17, 15) is 14.4 Å². The first-order valence-electron chi connectivity index (χ1n) is 13.8. The Labute approximate surface area is 235 Å². The molecule has 2 aliphatic rings. The van der Waals surface area contributed by atoms with Crippen molar-refractivity contribution in [3.8, 4) is 11.5 Å². The van der Waals surface area contributed by atoms with E-state index in [2.05, 4.69) is 5.32 Å². The van der Waals surface area contributed by atoms with Crippen molar-refractivity contribution >= 4 is 17.7 Å². The number of hydrogen-bond donors (Lipinski definition) is 2. The smallest absolute Gasteiger partial charge is 0.254 e. The molecule has 2 fully saturated rings. The molecular formula is C30H40N4O6. The maximum absolute atomic E-state index is 13.8. The van der Waals surface area contributed by atoms with Crippen LogP contribution in [-0.4, -0.2) is 92.7 Å². The van der Waals surface area contributed by atoms with E-state index >= 15 is 0 Å². The van der Waals surface area contributed by atoms with Crippen LogP contribution in [0.15, 0.2) is 48.5 Å². The van der Waals surface area contributed by atoms with Crippen molar-refractivity contribution in [3.05, 3.63) is 59.7 Å². The number of methoxy groups -OCH3 is 3. The van der Waals surface area contributed by atoms with Gasteiger partial charge in [0.1, 0.15) is 17.5 Å². The molecule has 0 aromatic heterocycles. The lowest BCUT2D eigenvalue weighted by atomic mass is 9.91. The predicted octanol–water partition coefficient (Wildman–Crippen LogP) is 2.46. The lowest BCUT2D eigenvalue weighted by molar-refractivity contribution is -0.125. The van der Waals surface area contributed by atoms with Crippen LogP contribution in [0.25, 0.3) is 0 Å². The molecule has 1 aliphatic carbocycles. The van der Waals surface area contributed by atoms with Gasteiger partial charge in [-0.05, 0) is 74.6 Å². The second kappa shape index (κ2) is 13.6. The Morgan fingerprint density at radius 1 is 0.950 bits per heavy atom. The molecule has 2 unspecified atom stereocenters. The molecule has 3 N–H and O–H groups in total. The number of nitrogens with two attached hydrogens (primary N) is 1. The summed E-state index contributed by atoms with van der Waals surface area (Å²) in [4.78, 5) is 44.4. The fourth-order valence-corrected chi connectivity index (χ4v) is 5.53. The van der Waals surface area contributed by atoms with Gasteiger partial charge in [-0.3, -0.25) is 14.4 Å². The minimum Gasteiger partial charge on any atom is -0.497 e. The van der Waals surface area contributed by atoms with Crippen molar-refractivity contribution in [3.63, 3.8) is 0 Å². The molecule has 216 valence electrons. The molecule has 1 heterocycles. The zero-order chi connectivity index (χ0) is 28.6. The first kappa shape index (κ1) is 29.4. The van der Waals surface area contributed by atoms with Gasteiger partial charge in [-0.15, -0.1) is 0 Å². The van der Waals surface area contributed by atoms with Gasteiger partial charge in [-0.1, -0.05) is 6.07 Å². The highest BCUT2D eigenvalue weighted by molar-refractivity contribution is 5.99. The van der Waals surface area contributed by atoms with Gasteiger partial charge in [-0.2, -0.15) is 0 Å². The minimum absolute atomic E-state index is 0.0191. The highest BCUT2D eigenvalue weighted by Gasteiger charge is 2.44. The molecule has 2 aromatic carbocycles. The van der Waals surface area contributed by atoms with Crippen molar-refractivity contribution in [2.24, 2.45) is 5.73 Å². The molecule has 0 radical (unpaired) electrons. The first-order valence-corrected chi connectivity index (χ1v) is 13.8. The number of rotatable bonds is 10. The van der Waals surface area contributed by atoms with Crippen LogP contribution in [0.3, 0.4) is 0 Å². The molecule has 0 bridgehead atoms. The van der Waals surface area contributed by atoms with Crippen LogP contribution in [0.4, 0.5) is 0 Å². The van der Waals surface area contributed by atoms with Crippen LogP contribution in [0.2, 0.25) is 0 Å². The molecule has 10 nitrogen and oxygen atoms in total. The third-order valence-corrected chi connectivity index (χ3v) is 7.85. The van der Waals surface area contributed by atoms with Crippen molar-refractivity contribution < 1.29 is 28.6 Å². The maximum atomic E-state index is 13.8. The van der Waals surface area contributed by atoms with E-state index in [-0.39, 0.29) is 42.4 Å². The van der Waals surface area contributed by atoms with Gasteiger partial charge in [-0.25, -0.2) is 0 Å². The van der Waals surface area contributed by atoms with Gasteiger partial charge in [0.25, 0.3) is 11.8 Å². The Hall–Kier alpha value is -3.63. The highest BCUT2D eigenvalue weighted by atomic mass is 16.5. The summed E-state index contributed by atoms with van der Waals surface area (Å²) in [5.41, 5.74) is 6.97. The maximum Gasteiger partial charge on any atom is 0.254 e. The zero-order valence-electron chi connectivity index (χ0n) is 23.5. The number of amides is 3. The van der Waals surface area contributed by atoms with E-state index in [1.165, 1.54) is 0 Å². The van der Waals surface area contributed by atoms with Crippen molar-refractivity contribution in [2.45, 2.75) is 56.3 Å². The number of nitrogens with zero attached hydrogens (tertiary/aromatic N) is 2. The van der Waals surface area contributed by atoms with Crippen LogP contribution >= 0.6 is 0 Å². The monoisotopic (exact) mass is 552 g/mol. The summed E-state index contributed by atoms with van der Waals surface area (Å²) in [7, 11) is 4.69. The molecule has 4 rings (SSSR count). The fourth-order valence-electron chi connectivity index (χ4n) is 5.53. The van der Waals surface area contributed by atoms with Crippen LogP contribution in [-0.2, 0) is 9.53 Å². The number of likely N-dealkylation sites (tertiary alicyclic amines) is 1. The third-order valence-electron chi connectivity index (χ3n) is 7.85. The van der Waals surface area contributed by atoms with Gasteiger partial charge < -0.3 is 35.1 Å². The van der Waals surface area contributed by atoms with E-state index in [0.717, 1.165) is 25.7 Å². The topological polar surface area (TPSA) is 123 Å². The summed E-state index contributed by atoms with van der Waals surface area (Å²) >= 11 is 0. The number of hydrogen-bond acceptors (Lipinski definition) is 7. The number of ether oxygens (including phenoxy) is 3. The number of benzene rings is 2. The minimum atomic E-state index is -0.729. The summed E-state index contributed by atoms with van der Waals surface area (Å²) in [6, 6.07) is 12.9. The standard InChI is InChI=1S/C30H40N4O6/c1-38-16-15-33(29(36)20-7-13-25(39-2)14-8-20)24-18-27(28(35)32-23-11-9-22(31)10-12-23)34(19-24)30(37)21-5-4-6-26(17-21)40-3/h4-8,13-14,17,22-24,27H,9-12,15-16,18-19,31H2,1-3H3,(H,32,35). The van der Waals surface area contributed by atoms with Gasteiger partial charge in [0.2, 0.25) is 5.91 Å². The quantitative estimate of drug-likeness (QED) is 0.464. The second-order valence-corrected chi connectivity index (χ2v) is 10.4. The summed E-state index contributed by atoms with van der Waals surface area (Å²) < 4.78 is 15.9. The normalized spacial score (nSPS) is 22.4. The number of carbonyl (C=O) groups is 3. The van der Waals surface area contributed by atoms with Gasteiger partial charge in [0.15, 0.2) is 0 Å². The average Bonchev–Trinajstić information content (AvgIpc) is 3.43. The molecule has 10 heteroatoms. The van der Waals surface area contributed by atoms with E-state index < -0.39 is 6.04 Å². The van der Waals surface area contributed by atoms with Crippen molar-refractivity contribution in [2.75, 3.05) is 41.0 Å². The largest absolute Gasteiger partial charge is 0.497 e. The predicted molar refractivity (Wildman–Crippen MR) is 151 cm³/mol. The highest BCUT2D eigenvalue weighted by Crippen LogP contribution is 2.28. The van der Waals surface area contributed by atoms with Crippen molar-refractivity contribution in [1.29, 1.82) is 0 Å². The molecule has 0 spiro atoms. The molecule has 40 heavy (non-hydrogen) atoms. The van der Waals surface area contributed by atoms with E-state index in [1.54, 1.807) is 79.7 Å². The Balaban J connectivity index is 1.60. The molecule has 1 saturated heterocycles.